The maximum absolute atomic E-state index is 11.8. The van der Waals surface area contributed by atoms with Crippen LogP contribution in [0.1, 0.15) is 10.4 Å². The van der Waals surface area contributed by atoms with Crippen molar-refractivity contribution < 1.29 is 14.6 Å². The van der Waals surface area contributed by atoms with E-state index >= 15 is 0 Å². The molecule has 0 unspecified atom stereocenters. The molecule has 0 saturated carbocycles. The van der Waals surface area contributed by atoms with Crippen molar-refractivity contribution in [1.82, 2.24) is 19.5 Å². The van der Waals surface area contributed by atoms with Crippen LogP contribution in [-0.2, 0) is 11.5 Å². The van der Waals surface area contributed by atoms with E-state index in [9.17, 15) is 9.90 Å². The highest BCUT2D eigenvalue weighted by Gasteiger charge is 2.19. The molecule has 1 N–H and O–H groups in total. The van der Waals surface area contributed by atoms with Crippen molar-refractivity contribution in [2.75, 3.05) is 6.61 Å². The second-order valence-electron chi connectivity index (χ2n) is 8.47. The maximum atomic E-state index is 11.8. The first-order valence-electron chi connectivity index (χ1n) is 9.84. The SMILES string of the molecule is C[Si](C)(C)CCOCn1cc(C(=O)O)c2nc(-c3nccc4ccccc34)cnc21. The third-order valence-corrected chi connectivity index (χ3v) is 6.64. The number of fused-ring (bicyclic) bond motifs is 2. The number of hydrogen-bond acceptors (Lipinski definition) is 5. The summed E-state index contributed by atoms with van der Waals surface area (Å²) in [5.41, 5.74) is 2.15. The predicted octanol–water partition coefficient (Wildman–Crippen LogP) is 4.66. The molecule has 0 atom stereocenters. The zero-order valence-corrected chi connectivity index (χ0v) is 18.3. The van der Waals surface area contributed by atoms with E-state index in [0.29, 0.717) is 29.2 Å². The van der Waals surface area contributed by atoms with Gasteiger partial charge in [0.15, 0.2) is 5.65 Å². The molecule has 4 rings (SSSR count). The first-order valence-corrected chi connectivity index (χ1v) is 13.6. The Morgan fingerprint density at radius 3 is 2.73 bits per heavy atom. The quantitative estimate of drug-likeness (QED) is 0.345. The molecular formula is C22H24N4O3Si. The molecule has 0 aliphatic carbocycles. The summed E-state index contributed by atoms with van der Waals surface area (Å²) in [6, 6.07) is 10.9. The van der Waals surface area contributed by atoms with Gasteiger partial charge in [-0.2, -0.15) is 0 Å². The number of aromatic nitrogens is 4. The fraction of sp³-hybridized carbons (Fsp3) is 0.273. The molecule has 0 saturated heterocycles. The van der Waals surface area contributed by atoms with Crippen molar-refractivity contribution in [2.24, 2.45) is 0 Å². The minimum atomic E-state index is -1.19. The van der Waals surface area contributed by atoms with Gasteiger partial charge in [0, 0.05) is 32.5 Å². The molecule has 0 aliphatic heterocycles. The van der Waals surface area contributed by atoms with E-state index in [0.717, 1.165) is 16.8 Å². The summed E-state index contributed by atoms with van der Waals surface area (Å²) in [7, 11) is -1.19. The molecule has 0 spiro atoms. The Morgan fingerprint density at radius 2 is 1.97 bits per heavy atom. The molecule has 0 aliphatic rings. The van der Waals surface area contributed by atoms with Crippen LogP contribution in [0.3, 0.4) is 0 Å². The van der Waals surface area contributed by atoms with Crippen LogP contribution in [0.15, 0.2) is 48.9 Å². The van der Waals surface area contributed by atoms with E-state index in [1.54, 1.807) is 23.2 Å². The molecule has 8 heteroatoms. The maximum Gasteiger partial charge on any atom is 0.339 e. The number of carboxylic acid groups (broad SMARTS) is 1. The lowest BCUT2D eigenvalue weighted by atomic mass is 10.1. The Morgan fingerprint density at radius 1 is 1.17 bits per heavy atom. The van der Waals surface area contributed by atoms with Gasteiger partial charge in [-0.3, -0.25) is 4.98 Å². The molecule has 3 aromatic heterocycles. The number of carbonyl (C=O) groups is 1. The average molecular weight is 421 g/mol. The molecule has 0 fully saturated rings. The summed E-state index contributed by atoms with van der Waals surface area (Å²) in [6.07, 6.45) is 4.91. The van der Waals surface area contributed by atoms with E-state index in [-0.39, 0.29) is 12.3 Å². The molecule has 3 heterocycles. The third kappa shape index (κ3) is 4.10. The summed E-state index contributed by atoms with van der Waals surface area (Å²) in [6.45, 7) is 7.76. The van der Waals surface area contributed by atoms with E-state index < -0.39 is 14.0 Å². The Kier molecular flexibility index (Phi) is 5.36. The molecular weight excluding hydrogens is 396 g/mol. The predicted molar refractivity (Wildman–Crippen MR) is 119 cm³/mol. The third-order valence-electron chi connectivity index (χ3n) is 4.94. The average Bonchev–Trinajstić information content (AvgIpc) is 3.08. The van der Waals surface area contributed by atoms with Gasteiger partial charge in [0.25, 0.3) is 0 Å². The van der Waals surface area contributed by atoms with E-state index in [4.69, 9.17) is 4.74 Å². The summed E-state index contributed by atoms with van der Waals surface area (Å²) in [5.74, 6) is -1.04. The summed E-state index contributed by atoms with van der Waals surface area (Å²) < 4.78 is 7.50. The van der Waals surface area contributed by atoms with Gasteiger partial charge in [-0.1, -0.05) is 43.9 Å². The van der Waals surface area contributed by atoms with Crippen molar-refractivity contribution >= 4 is 36.0 Å². The molecule has 30 heavy (non-hydrogen) atoms. The first kappa shape index (κ1) is 20.2. The second kappa shape index (κ2) is 7.96. The highest BCUT2D eigenvalue weighted by molar-refractivity contribution is 6.76. The highest BCUT2D eigenvalue weighted by atomic mass is 28.3. The summed E-state index contributed by atoms with van der Waals surface area (Å²) >= 11 is 0. The largest absolute Gasteiger partial charge is 0.478 e. The summed E-state index contributed by atoms with van der Waals surface area (Å²) in [4.78, 5) is 25.4. The molecule has 7 nitrogen and oxygen atoms in total. The number of pyridine rings is 1. The van der Waals surface area contributed by atoms with Crippen LogP contribution in [0.4, 0.5) is 0 Å². The smallest absolute Gasteiger partial charge is 0.339 e. The van der Waals surface area contributed by atoms with Gasteiger partial charge in [-0.05, 0) is 17.5 Å². The number of nitrogens with zero attached hydrogens (tertiary/aromatic N) is 4. The number of aromatic carboxylic acids is 1. The van der Waals surface area contributed by atoms with Crippen molar-refractivity contribution in [3.63, 3.8) is 0 Å². The molecule has 0 amide bonds. The van der Waals surface area contributed by atoms with Gasteiger partial charge in [-0.15, -0.1) is 0 Å². The van der Waals surface area contributed by atoms with Crippen molar-refractivity contribution in [3.8, 4) is 11.4 Å². The monoisotopic (exact) mass is 420 g/mol. The Labute approximate surface area is 175 Å². The molecule has 4 aromatic rings. The van der Waals surface area contributed by atoms with Crippen molar-refractivity contribution in [3.05, 3.63) is 54.5 Å². The molecule has 154 valence electrons. The summed E-state index contributed by atoms with van der Waals surface area (Å²) in [5, 5.41) is 11.7. The van der Waals surface area contributed by atoms with Crippen molar-refractivity contribution in [1.29, 1.82) is 0 Å². The Bertz CT molecular complexity index is 1220. The lowest BCUT2D eigenvalue weighted by Gasteiger charge is -2.15. The second-order valence-corrected chi connectivity index (χ2v) is 14.1. The number of carboxylic acids is 1. The molecule has 0 bridgehead atoms. The Balaban J connectivity index is 1.72. The van der Waals surface area contributed by atoms with Gasteiger partial charge in [0.2, 0.25) is 0 Å². The van der Waals surface area contributed by atoms with Gasteiger partial charge < -0.3 is 14.4 Å². The zero-order valence-electron chi connectivity index (χ0n) is 17.3. The highest BCUT2D eigenvalue weighted by Crippen LogP contribution is 2.27. The first-order chi connectivity index (χ1) is 14.3. The van der Waals surface area contributed by atoms with Crippen LogP contribution in [0.2, 0.25) is 25.7 Å². The van der Waals surface area contributed by atoms with Crippen LogP contribution in [0, 0.1) is 0 Å². The Hall–Kier alpha value is -3.10. The number of benzene rings is 1. The fourth-order valence-electron chi connectivity index (χ4n) is 3.29. The van der Waals surface area contributed by atoms with Gasteiger partial charge in [0.05, 0.1) is 11.9 Å². The van der Waals surface area contributed by atoms with E-state index in [1.165, 1.54) is 0 Å². The topological polar surface area (TPSA) is 90.1 Å². The van der Waals surface area contributed by atoms with Crippen LogP contribution in [0.5, 0.6) is 0 Å². The van der Waals surface area contributed by atoms with E-state index in [2.05, 4.69) is 34.6 Å². The fourth-order valence-corrected chi connectivity index (χ4v) is 4.04. The van der Waals surface area contributed by atoms with Crippen LogP contribution in [-0.4, -0.2) is 45.3 Å². The lowest BCUT2D eigenvalue weighted by Crippen LogP contribution is -2.22. The van der Waals surface area contributed by atoms with Crippen molar-refractivity contribution in [2.45, 2.75) is 32.4 Å². The normalized spacial score (nSPS) is 12.0. The zero-order chi connectivity index (χ0) is 21.3. The molecule has 0 radical (unpaired) electrons. The number of ether oxygens (including phenoxy) is 1. The minimum absolute atomic E-state index is 0.105. The van der Waals surface area contributed by atoms with Crippen LogP contribution < -0.4 is 0 Å². The number of rotatable bonds is 7. The van der Waals surface area contributed by atoms with Gasteiger partial charge >= 0.3 is 5.97 Å². The standard InChI is InChI=1S/C22H24N4O3Si/c1-30(2,3)11-10-29-14-26-13-17(22(27)28)20-21(26)24-12-18(25-20)19-16-7-5-4-6-15(16)8-9-23-19/h4-9,12-13H,10-11,14H2,1-3H3,(H,27,28). The number of hydrogen-bond donors (Lipinski definition) is 1. The molecule has 1 aromatic carbocycles. The van der Waals surface area contributed by atoms with Gasteiger partial charge in [-0.25, -0.2) is 14.8 Å². The van der Waals surface area contributed by atoms with Crippen LogP contribution >= 0.6 is 0 Å². The van der Waals surface area contributed by atoms with Gasteiger partial charge in [0.1, 0.15) is 23.5 Å². The van der Waals surface area contributed by atoms with Crippen LogP contribution in [0.25, 0.3) is 33.3 Å². The lowest BCUT2D eigenvalue weighted by molar-refractivity contribution is 0.0696. The minimum Gasteiger partial charge on any atom is -0.478 e. The van der Waals surface area contributed by atoms with E-state index in [1.807, 2.05) is 30.3 Å².